The van der Waals surface area contributed by atoms with Crippen molar-refractivity contribution in [2.24, 2.45) is 5.73 Å². The van der Waals surface area contributed by atoms with Crippen LogP contribution >= 0.6 is 0 Å². The van der Waals surface area contributed by atoms with Crippen LogP contribution in [0.3, 0.4) is 0 Å². The van der Waals surface area contributed by atoms with Crippen molar-refractivity contribution >= 4 is 0 Å². The largest absolute Gasteiger partial charge is 0.491 e. The standard InChI is InChI=1S/C14H21NO3/c1-10(2)18-12-5-3-11(4-6-12)14(8-17-9-14)13(16)7-15/h3-6,10,13,16H,7-9,15H2,1-2H3. The minimum Gasteiger partial charge on any atom is -0.491 e. The van der Waals surface area contributed by atoms with E-state index in [1.165, 1.54) is 0 Å². The Morgan fingerprint density at radius 3 is 2.33 bits per heavy atom. The normalized spacial score (nSPS) is 19.4. The number of rotatable bonds is 5. The van der Waals surface area contributed by atoms with E-state index in [1.54, 1.807) is 0 Å². The average Bonchev–Trinajstić information content (AvgIpc) is 2.29. The molecule has 0 spiro atoms. The first kappa shape index (κ1) is 13.3. The molecule has 4 nitrogen and oxygen atoms in total. The van der Waals surface area contributed by atoms with Crippen LogP contribution in [0.25, 0.3) is 0 Å². The lowest BCUT2D eigenvalue weighted by molar-refractivity contribution is -0.116. The van der Waals surface area contributed by atoms with Crippen molar-refractivity contribution in [1.82, 2.24) is 0 Å². The van der Waals surface area contributed by atoms with Crippen LogP contribution in [0.15, 0.2) is 24.3 Å². The van der Waals surface area contributed by atoms with Crippen molar-refractivity contribution in [2.45, 2.75) is 31.5 Å². The Bertz CT molecular complexity index is 385. The number of aliphatic hydroxyl groups is 1. The van der Waals surface area contributed by atoms with Crippen LogP contribution in [0.5, 0.6) is 5.75 Å². The van der Waals surface area contributed by atoms with Gasteiger partial charge in [-0.3, -0.25) is 0 Å². The molecule has 1 aliphatic heterocycles. The second-order valence-electron chi connectivity index (χ2n) is 5.09. The molecule has 2 rings (SSSR count). The van der Waals surface area contributed by atoms with Gasteiger partial charge in [0.15, 0.2) is 0 Å². The van der Waals surface area contributed by atoms with Gasteiger partial charge in [0.1, 0.15) is 5.75 Å². The monoisotopic (exact) mass is 251 g/mol. The molecule has 0 saturated carbocycles. The number of ether oxygens (including phenoxy) is 2. The minimum absolute atomic E-state index is 0.159. The number of benzene rings is 1. The number of hydrogen-bond donors (Lipinski definition) is 2. The molecule has 100 valence electrons. The number of aliphatic hydroxyl groups excluding tert-OH is 1. The third-order valence-electron chi connectivity index (χ3n) is 3.38. The van der Waals surface area contributed by atoms with E-state index in [2.05, 4.69) is 0 Å². The van der Waals surface area contributed by atoms with Gasteiger partial charge in [-0.25, -0.2) is 0 Å². The van der Waals surface area contributed by atoms with Crippen molar-refractivity contribution in [3.05, 3.63) is 29.8 Å². The maximum Gasteiger partial charge on any atom is 0.119 e. The first-order valence-electron chi connectivity index (χ1n) is 6.31. The SMILES string of the molecule is CC(C)Oc1ccc(C2(C(O)CN)COC2)cc1. The molecule has 0 bridgehead atoms. The summed E-state index contributed by atoms with van der Waals surface area (Å²) in [6.07, 6.45) is -0.408. The third-order valence-corrected chi connectivity index (χ3v) is 3.38. The van der Waals surface area contributed by atoms with Gasteiger partial charge in [0.25, 0.3) is 0 Å². The molecular weight excluding hydrogens is 230 g/mol. The maximum atomic E-state index is 10.1. The Kier molecular flexibility index (Phi) is 3.90. The molecule has 3 N–H and O–H groups in total. The molecule has 1 aromatic rings. The van der Waals surface area contributed by atoms with Crippen LogP contribution in [0.2, 0.25) is 0 Å². The molecule has 18 heavy (non-hydrogen) atoms. The second kappa shape index (κ2) is 5.26. The molecule has 0 amide bonds. The van der Waals surface area contributed by atoms with E-state index >= 15 is 0 Å². The molecule has 1 aliphatic rings. The predicted molar refractivity (Wildman–Crippen MR) is 69.8 cm³/mol. The van der Waals surface area contributed by atoms with Gasteiger partial charge >= 0.3 is 0 Å². The van der Waals surface area contributed by atoms with Gasteiger partial charge in [-0.1, -0.05) is 12.1 Å². The molecular formula is C14H21NO3. The number of nitrogens with two attached hydrogens (primary N) is 1. The first-order chi connectivity index (χ1) is 8.58. The van der Waals surface area contributed by atoms with Crippen molar-refractivity contribution < 1.29 is 14.6 Å². The van der Waals surface area contributed by atoms with E-state index in [1.807, 2.05) is 38.1 Å². The molecule has 1 heterocycles. The summed E-state index contributed by atoms with van der Waals surface area (Å²) >= 11 is 0. The summed E-state index contributed by atoms with van der Waals surface area (Å²) in [4.78, 5) is 0. The maximum absolute atomic E-state index is 10.1. The van der Waals surface area contributed by atoms with E-state index in [4.69, 9.17) is 15.2 Å². The van der Waals surface area contributed by atoms with Crippen LogP contribution in [0, 0.1) is 0 Å². The van der Waals surface area contributed by atoms with Gasteiger partial charge in [-0.2, -0.15) is 0 Å². The van der Waals surface area contributed by atoms with E-state index in [-0.39, 0.29) is 18.1 Å². The summed E-state index contributed by atoms with van der Waals surface area (Å²) in [5.74, 6) is 0.839. The highest BCUT2D eigenvalue weighted by Gasteiger charge is 2.46. The first-order valence-corrected chi connectivity index (χ1v) is 6.31. The van der Waals surface area contributed by atoms with Gasteiger partial charge in [0.05, 0.1) is 30.8 Å². The van der Waals surface area contributed by atoms with Crippen LogP contribution in [-0.4, -0.2) is 37.1 Å². The average molecular weight is 251 g/mol. The highest BCUT2D eigenvalue weighted by molar-refractivity contribution is 5.35. The lowest BCUT2D eigenvalue weighted by atomic mass is 9.74. The summed E-state index contributed by atoms with van der Waals surface area (Å²) < 4.78 is 10.9. The van der Waals surface area contributed by atoms with Gasteiger partial charge in [0.2, 0.25) is 0 Å². The molecule has 1 aromatic carbocycles. The summed E-state index contributed by atoms with van der Waals surface area (Å²) in [5.41, 5.74) is 6.29. The minimum atomic E-state index is -0.567. The Labute approximate surface area is 108 Å². The highest BCUT2D eigenvalue weighted by atomic mass is 16.5. The quantitative estimate of drug-likeness (QED) is 0.821. The van der Waals surface area contributed by atoms with Crippen LogP contribution in [-0.2, 0) is 10.2 Å². The van der Waals surface area contributed by atoms with E-state index < -0.39 is 6.10 Å². The lowest BCUT2D eigenvalue weighted by Crippen LogP contribution is -2.57. The fraction of sp³-hybridized carbons (Fsp3) is 0.571. The molecule has 4 heteroatoms. The van der Waals surface area contributed by atoms with E-state index in [0.717, 1.165) is 11.3 Å². The molecule has 0 radical (unpaired) electrons. The highest BCUT2D eigenvalue weighted by Crippen LogP contribution is 2.36. The van der Waals surface area contributed by atoms with E-state index in [9.17, 15) is 5.11 Å². The Morgan fingerprint density at radius 1 is 1.33 bits per heavy atom. The van der Waals surface area contributed by atoms with Crippen LogP contribution in [0.1, 0.15) is 19.4 Å². The fourth-order valence-corrected chi connectivity index (χ4v) is 2.24. The Morgan fingerprint density at radius 2 is 1.94 bits per heavy atom. The van der Waals surface area contributed by atoms with Crippen LogP contribution < -0.4 is 10.5 Å². The molecule has 1 unspecified atom stereocenters. The van der Waals surface area contributed by atoms with Crippen LogP contribution in [0.4, 0.5) is 0 Å². The van der Waals surface area contributed by atoms with Gasteiger partial charge in [-0.05, 0) is 31.5 Å². The fourth-order valence-electron chi connectivity index (χ4n) is 2.24. The van der Waals surface area contributed by atoms with E-state index in [0.29, 0.717) is 13.2 Å². The Balaban J connectivity index is 2.17. The van der Waals surface area contributed by atoms with Crippen molar-refractivity contribution in [3.8, 4) is 5.75 Å². The molecule has 1 saturated heterocycles. The zero-order valence-corrected chi connectivity index (χ0v) is 10.9. The zero-order valence-electron chi connectivity index (χ0n) is 10.9. The second-order valence-corrected chi connectivity index (χ2v) is 5.09. The molecule has 0 aromatic heterocycles. The molecule has 1 fully saturated rings. The van der Waals surface area contributed by atoms with Gasteiger partial charge in [0, 0.05) is 6.54 Å². The predicted octanol–water partition coefficient (Wildman–Crippen LogP) is 1.06. The number of hydrogen-bond acceptors (Lipinski definition) is 4. The summed E-state index contributed by atoms with van der Waals surface area (Å²) in [6.45, 7) is 5.28. The van der Waals surface area contributed by atoms with Crippen molar-refractivity contribution in [3.63, 3.8) is 0 Å². The van der Waals surface area contributed by atoms with Gasteiger partial charge < -0.3 is 20.3 Å². The van der Waals surface area contributed by atoms with Crippen molar-refractivity contribution in [1.29, 1.82) is 0 Å². The molecule has 1 atom stereocenters. The van der Waals surface area contributed by atoms with Gasteiger partial charge in [-0.15, -0.1) is 0 Å². The zero-order chi connectivity index (χ0) is 13.2. The third kappa shape index (κ3) is 2.36. The topological polar surface area (TPSA) is 64.7 Å². The Hall–Kier alpha value is -1.10. The summed E-state index contributed by atoms with van der Waals surface area (Å²) in [5, 5.41) is 10.1. The lowest BCUT2D eigenvalue weighted by Gasteiger charge is -2.45. The summed E-state index contributed by atoms with van der Waals surface area (Å²) in [7, 11) is 0. The smallest absolute Gasteiger partial charge is 0.119 e. The van der Waals surface area contributed by atoms with Crippen molar-refractivity contribution in [2.75, 3.05) is 19.8 Å². The molecule has 0 aliphatic carbocycles. The summed E-state index contributed by atoms with van der Waals surface area (Å²) in [6, 6.07) is 7.83.